The molecule has 0 fully saturated rings. The maximum Gasteiger partial charge on any atom is 0.0537 e. The van der Waals surface area contributed by atoms with Crippen LogP contribution in [0.2, 0.25) is 0 Å². The highest BCUT2D eigenvalue weighted by atomic mass is 32.2. The molecule has 0 bridgehead atoms. The van der Waals surface area contributed by atoms with Gasteiger partial charge in [0.1, 0.15) is 0 Å². The van der Waals surface area contributed by atoms with Gasteiger partial charge in [0.2, 0.25) is 0 Å². The lowest BCUT2D eigenvalue weighted by Gasteiger charge is -2.11. The smallest absolute Gasteiger partial charge is 0.0537 e. The molecule has 5 heteroatoms. The van der Waals surface area contributed by atoms with Crippen molar-refractivity contribution in [1.82, 2.24) is 15.1 Å². The van der Waals surface area contributed by atoms with Gasteiger partial charge in [0, 0.05) is 47.7 Å². The third-order valence-corrected chi connectivity index (χ3v) is 3.15. The average Bonchev–Trinajstić information content (AvgIpc) is 2.59. The molecular weight excluding hydrogens is 210 g/mol. The first-order valence-electron chi connectivity index (χ1n) is 5.11. The van der Waals surface area contributed by atoms with E-state index >= 15 is 0 Å². The molecule has 15 heavy (non-hydrogen) atoms. The van der Waals surface area contributed by atoms with Crippen LogP contribution >= 0.6 is 0 Å². The highest BCUT2D eigenvalue weighted by Crippen LogP contribution is 2.09. The molecule has 1 aromatic rings. The van der Waals surface area contributed by atoms with Gasteiger partial charge in [-0.15, -0.1) is 0 Å². The van der Waals surface area contributed by atoms with E-state index in [1.54, 1.807) is 10.9 Å². The van der Waals surface area contributed by atoms with Crippen molar-refractivity contribution in [2.45, 2.75) is 19.4 Å². The number of hydrogen-bond acceptors (Lipinski definition) is 3. The summed E-state index contributed by atoms with van der Waals surface area (Å²) in [7, 11) is 1.24. The lowest BCUT2D eigenvalue weighted by Crippen LogP contribution is -2.20. The minimum Gasteiger partial charge on any atom is -0.310 e. The van der Waals surface area contributed by atoms with Crippen LogP contribution in [0.4, 0.5) is 0 Å². The van der Waals surface area contributed by atoms with Crippen LogP contribution in [0.25, 0.3) is 0 Å². The van der Waals surface area contributed by atoms with Gasteiger partial charge in [-0.1, -0.05) is 0 Å². The van der Waals surface area contributed by atoms with Gasteiger partial charge in [-0.05, 0) is 19.9 Å². The van der Waals surface area contributed by atoms with Crippen LogP contribution < -0.4 is 5.32 Å². The quantitative estimate of drug-likeness (QED) is 0.735. The Bertz CT molecular complexity index is 324. The van der Waals surface area contributed by atoms with Crippen LogP contribution in [0.5, 0.6) is 0 Å². The molecule has 86 valence electrons. The van der Waals surface area contributed by atoms with Crippen LogP contribution in [0, 0.1) is 0 Å². The summed E-state index contributed by atoms with van der Waals surface area (Å²) in [5.74, 6) is 0.771. The molecule has 1 heterocycles. The van der Waals surface area contributed by atoms with Crippen molar-refractivity contribution in [2.24, 2.45) is 7.05 Å². The summed E-state index contributed by atoms with van der Waals surface area (Å²) in [6, 6.07) is 0.309. The molecule has 1 N–H and O–H groups in total. The van der Waals surface area contributed by atoms with E-state index in [-0.39, 0.29) is 0 Å². The molecular formula is C10H19N3OS. The summed E-state index contributed by atoms with van der Waals surface area (Å²) >= 11 is 0. The van der Waals surface area contributed by atoms with Gasteiger partial charge in [-0.25, -0.2) is 0 Å². The highest BCUT2D eigenvalue weighted by molar-refractivity contribution is 7.84. The SMILES string of the molecule is CC(NCCCS(C)=O)c1cnn(C)c1. The molecule has 1 aromatic heterocycles. The Morgan fingerprint density at radius 3 is 2.93 bits per heavy atom. The van der Waals surface area contributed by atoms with E-state index < -0.39 is 10.8 Å². The lowest BCUT2D eigenvalue weighted by molar-refractivity contribution is 0.570. The number of hydrogen-bond donors (Lipinski definition) is 1. The van der Waals surface area contributed by atoms with Gasteiger partial charge in [0.15, 0.2) is 0 Å². The minimum atomic E-state index is -0.677. The first-order valence-corrected chi connectivity index (χ1v) is 6.84. The molecule has 1 rings (SSSR count). The summed E-state index contributed by atoms with van der Waals surface area (Å²) in [5, 5.41) is 7.50. The van der Waals surface area contributed by atoms with E-state index in [0.29, 0.717) is 6.04 Å². The Morgan fingerprint density at radius 1 is 1.67 bits per heavy atom. The second-order valence-electron chi connectivity index (χ2n) is 3.75. The Morgan fingerprint density at radius 2 is 2.40 bits per heavy atom. The van der Waals surface area contributed by atoms with Gasteiger partial charge in [0.05, 0.1) is 6.20 Å². The van der Waals surface area contributed by atoms with E-state index in [0.717, 1.165) is 18.7 Å². The molecule has 0 aliphatic heterocycles. The summed E-state index contributed by atoms with van der Waals surface area (Å²) in [6.07, 6.45) is 6.57. The lowest BCUT2D eigenvalue weighted by atomic mass is 10.2. The summed E-state index contributed by atoms with van der Waals surface area (Å²) in [6.45, 7) is 3.01. The molecule has 2 unspecified atom stereocenters. The first-order chi connectivity index (χ1) is 7.09. The summed E-state index contributed by atoms with van der Waals surface area (Å²) < 4.78 is 12.6. The second kappa shape index (κ2) is 6.02. The second-order valence-corrected chi connectivity index (χ2v) is 5.31. The van der Waals surface area contributed by atoms with E-state index in [9.17, 15) is 4.21 Å². The third kappa shape index (κ3) is 4.57. The van der Waals surface area contributed by atoms with Crippen LogP contribution in [0.15, 0.2) is 12.4 Å². The van der Waals surface area contributed by atoms with Gasteiger partial charge < -0.3 is 5.32 Å². The fraction of sp³-hybridized carbons (Fsp3) is 0.700. The van der Waals surface area contributed by atoms with Crippen molar-refractivity contribution < 1.29 is 4.21 Å². The number of rotatable bonds is 6. The molecule has 0 saturated carbocycles. The van der Waals surface area contributed by atoms with Crippen molar-refractivity contribution in [3.63, 3.8) is 0 Å². The highest BCUT2D eigenvalue weighted by Gasteiger charge is 2.05. The monoisotopic (exact) mass is 229 g/mol. The Hall–Kier alpha value is -0.680. The van der Waals surface area contributed by atoms with Gasteiger partial charge in [-0.2, -0.15) is 5.10 Å². The number of aromatic nitrogens is 2. The third-order valence-electron chi connectivity index (χ3n) is 2.28. The van der Waals surface area contributed by atoms with Crippen molar-refractivity contribution in [1.29, 1.82) is 0 Å². The van der Waals surface area contributed by atoms with E-state index in [2.05, 4.69) is 17.3 Å². The molecule has 0 aliphatic carbocycles. The Kier molecular flexibility index (Phi) is 4.98. The number of nitrogens with zero attached hydrogens (tertiary/aromatic N) is 2. The molecule has 2 atom stereocenters. The Labute approximate surface area is 93.5 Å². The van der Waals surface area contributed by atoms with Crippen LogP contribution in [-0.2, 0) is 17.8 Å². The number of nitrogens with one attached hydrogen (secondary N) is 1. The Balaban J connectivity index is 2.24. The van der Waals surface area contributed by atoms with E-state index in [1.165, 1.54) is 5.56 Å². The van der Waals surface area contributed by atoms with Crippen molar-refractivity contribution in [3.8, 4) is 0 Å². The number of aryl methyl sites for hydroxylation is 1. The largest absolute Gasteiger partial charge is 0.310 e. The maximum atomic E-state index is 10.8. The predicted molar refractivity (Wildman–Crippen MR) is 63.2 cm³/mol. The standard InChI is InChI=1S/C10H19N3OS/c1-9(10-7-12-13(2)8-10)11-5-4-6-15(3)14/h7-9,11H,4-6H2,1-3H3. The fourth-order valence-electron chi connectivity index (χ4n) is 1.38. The van der Waals surface area contributed by atoms with Gasteiger partial charge in [-0.3, -0.25) is 8.89 Å². The van der Waals surface area contributed by atoms with Crippen LogP contribution in [0.3, 0.4) is 0 Å². The minimum absolute atomic E-state index is 0.309. The first kappa shape index (κ1) is 12.4. The van der Waals surface area contributed by atoms with E-state index in [1.807, 2.05) is 19.4 Å². The normalized spacial score (nSPS) is 15.1. The predicted octanol–water partition coefficient (Wildman–Crippen LogP) is 0.839. The summed E-state index contributed by atoms with van der Waals surface area (Å²) in [4.78, 5) is 0. The molecule has 4 nitrogen and oxygen atoms in total. The van der Waals surface area contributed by atoms with Crippen molar-refractivity contribution >= 4 is 10.8 Å². The average molecular weight is 229 g/mol. The zero-order valence-corrected chi connectivity index (χ0v) is 10.4. The van der Waals surface area contributed by atoms with Crippen molar-refractivity contribution in [3.05, 3.63) is 18.0 Å². The van der Waals surface area contributed by atoms with E-state index in [4.69, 9.17) is 0 Å². The zero-order valence-electron chi connectivity index (χ0n) is 9.56. The topological polar surface area (TPSA) is 46.9 Å². The van der Waals surface area contributed by atoms with Crippen LogP contribution in [-0.4, -0.2) is 32.5 Å². The van der Waals surface area contributed by atoms with Crippen molar-refractivity contribution in [2.75, 3.05) is 18.6 Å². The molecule has 0 radical (unpaired) electrons. The van der Waals surface area contributed by atoms with Gasteiger partial charge in [0.25, 0.3) is 0 Å². The molecule has 0 aliphatic rings. The zero-order chi connectivity index (χ0) is 11.3. The van der Waals surface area contributed by atoms with Gasteiger partial charge >= 0.3 is 0 Å². The molecule has 0 saturated heterocycles. The molecule has 0 aromatic carbocycles. The maximum absolute atomic E-state index is 10.8. The van der Waals surface area contributed by atoms with Crippen LogP contribution in [0.1, 0.15) is 24.9 Å². The summed E-state index contributed by atoms with van der Waals surface area (Å²) in [5.41, 5.74) is 1.19. The fourth-order valence-corrected chi connectivity index (χ4v) is 1.93. The molecule has 0 spiro atoms. The molecule has 0 amide bonds.